The zero-order valence-corrected chi connectivity index (χ0v) is 11.8. The summed E-state index contributed by atoms with van der Waals surface area (Å²) in [5, 5.41) is 20.9. The lowest BCUT2D eigenvalue weighted by atomic mass is 10.0. The standard InChI is InChI=1S/C14H18N4O3/c1-10-5-7-16(12(10)9-19)8-11-14(18(20)21)17-6-3-2-4-13(17)15-11/h2-4,6,10,12,19H,5,7-9H2,1H3. The van der Waals surface area contributed by atoms with E-state index in [0.717, 1.165) is 13.0 Å². The van der Waals surface area contributed by atoms with Gasteiger partial charge in [0, 0.05) is 18.7 Å². The Morgan fingerprint density at radius 3 is 3.05 bits per heavy atom. The Morgan fingerprint density at radius 1 is 1.52 bits per heavy atom. The highest BCUT2D eigenvalue weighted by Crippen LogP contribution is 2.28. The molecule has 0 aromatic carbocycles. The monoisotopic (exact) mass is 290 g/mol. The first-order valence-corrected chi connectivity index (χ1v) is 7.07. The van der Waals surface area contributed by atoms with E-state index in [9.17, 15) is 15.2 Å². The van der Waals surface area contributed by atoms with Gasteiger partial charge in [-0.05, 0) is 29.9 Å². The second kappa shape index (κ2) is 5.42. The van der Waals surface area contributed by atoms with Gasteiger partial charge in [-0.25, -0.2) is 4.98 Å². The van der Waals surface area contributed by atoms with E-state index in [-0.39, 0.29) is 23.4 Å². The number of rotatable bonds is 4. The first-order chi connectivity index (χ1) is 10.1. The van der Waals surface area contributed by atoms with Crippen LogP contribution in [-0.2, 0) is 6.54 Å². The molecule has 7 heteroatoms. The Morgan fingerprint density at radius 2 is 2.33 bits per heavy atom. The van der Waals surface area contributed by atoms with E-state index in [4.69, 9.17) is 0 Å². The number of aromatic nitrogens is 2. The van der Waals surface area contributed by atoms with Crippen LogP contribution in [0.2, 0.25) is 0 Å². The van der Waals surface area contributed by atoms with Crippen LogP contribution in [0.4, 0.5) is 5.82 Å². The largest absolute Gasteiger partial charge is 0.395 e. The van der Waals surface area contributed by atoms with Crippen LogP contribution in [-0.4, -0.2) is 43.5 Å². The second-order valence-corrected chi connectivity index (χ2v) is 5.55. The molecule has 2 atom stereocenters. The first-order valence-electron chi connectivity index (χ1n) is 7.07. The first kappa shape index (κ1) is 14.0. The molecule has 0 saturated carbocycles. The average molecular weight is 290 g/mol. The minimum absolute atomic E-state index is 0.0156. The van der Waals surface area contributed by atoms with Crippen molar-refractivity contribution in [2.45, 2.75) is 25.9 Å². The van der Waals surface area contributed by atoms with Crippen LogP contribution in [0.15, 0.2) is 24.4 Å². The summed E-state index contributed by atoms with van der Waals surface area (Å²) < 4.78 is 1.50. The van der Waals surface area contributed by atoms with Gasteiger partial charge in [-0.15, -0.1) is 0 Å². The Labute approximate surface area is 122 Å². The SMILES string of the molecule is CC1CCN(Cc2nc3ccccn3c2[N+](=O)[O-])C1CO. The summed E-state index contributed by atoms with van der Waals surface area (Å²) in [6, 6.07) is 5.37. The van der Waals surface area contributed by atoms with Crippen molar-refractivity contribution in [3.63, 3.8) is 0 Å². The summed E-state index contributed by atoms with van der Waals surface area (Å²) in [6.07, 6.45) is 2.65. The van der Waals surface area contributed by atoms with Gasteiger partial charge in [0.2, 0.25) is 5.65 Å². The van der Waals surface area contributed by atoms with Crippen molar-refractivity contribution < 1.29 is 10.0 Å². The Kier molecular flexibility index (Phi) is 3.60. The molecule has 0 amide bonds. The molecule has 2 unspecified atom stereocenters. The lowest BCUT2D eigenvalue weighted by Crippen LogP contribution is -2.34. The topological polar surface area (TPSA) is 83.9 Å². The number of pyridine rings is 1. The number of imidazole rings is 1. The highest BCUT2D eigenvalue weighted by Gasteiger charge is 2.33. The molecular formula is C14H18N4O3. The highest BCUT2D eigenvalue weighted by atomic mass is 16.6. The van der Waals surface area contributed by atoms with Crippen LogP contribution in [0.1, 0.15) is 19.0 Å². The van der Waals surface area contributed by atoms with Crippen LogP contribution < -0.4 is 0 Å². The Bertz CT molecular complexity index is 669. The van der Waals surface area contributed by atoms with Gasteiger partial charge in [-0.1, -0.05) is 13.0 Å². The maximum Gasteiger partial charge on any atom is 0.352 e. The van der Waals surface area contributed by atoms with Gasteiger partial charge >= 0.3 is 5.82 Å². The molecule has 0 bridgehead atoms. The number of fused-ring (bicyclic) bond motifs is 1. The molecule has 0 radical (unpaired) electrons. The molecule has 3 heterocycles. The lowest BCUT2D eigenvalue weighted by molar-refractivity contribution is -0.391. The molecule has 1 fully saturated rings. The molecule has 3 rings (SSSR count). The van der Waals surface area contributed by atoms with Crippen LogP contribution in [0.3, 0.4) is 0 Å². The number of nitro groups is 1. The van der Waals surface area contributed by atoms with E-state index in [1.807, 2.05) is 6.07 Å². The molecule has 2 aromatic heterocycles. The van der Waals surface area contributed by atoms with Crippen molar-refractivity contribution in [3.05, 3.63) is 40.2 Å². The van der Waals surface area contributed by atoms with E-state index in [0.29, 0.717) is 23.8 Å². The summed E-state index contributed by atoms with van der Waals surface area (Å²) in [6.45, 7) is 3.40. The second-order valence-electron chi connectivity index (χ2n) is 5.55. The molecule has 1 saturated heterocycles. The van der Waals surface area contributed by atoms with Crippen molar-refractivity contribution in [1.29, 1.82) is 0 Å². The van der Waals surface area contributed by atoms with Gasteiger partial charge < -0.3 is 15.2 Å². The van der Waals surface area contributed by atoms with Gasteiger partial charge in [0.25, 0.3) is 0 Å². The molecule has 0 spiro atoms. The maximum atomic E-state index is 11.4. The average Bonchev–Trinajstić information content (AvgIpc) is 2.99. The van der Waals surface area contributed by atoms with Crippen LogP contribution >= 0.6 is 0 Å². The van der Waals surface area contributed by atoms with E-state index in [2.05, 4.69) is 16.8 Å². The number of nitrogens with zero attached hydrogens (tertiary/aromatic N) is 4. The number of aliphatic hydroxyl groups excluding tert-OH is 1. The lowest BCUT2D eigenvalue weighted by Gasteiger charge is -2.23. The molecule has 112 valence electrons. The molecule has 1 aliphatic heterocycles. The molecule has 7 nitrogen and oxygen atoms in total. The molecule has 1 aliphatic rings. The molecule has 2 aromatic rings. The summed E-state index contributed by atoms with van der Waals surface area (Å²) in [7, 11) is 0. The fraction of sp³-hybridized carbons (Fsp3) is 0.500. The predicted octanol–water partition coefficient (Wildman–Crippen LogP) is 1.45. The highest BCUT2D eigenvalue weighted by molar-refractivity contribution is 5.48. The summed E-state index contributed by atoms with van der Waals surface area (Å²) in [4.78, 5) is 17.4. The molecule has 1 N–H and O–H groups in total. The minimum Gasteiger partial charge on any atom is -0.395 e. The van der Waals surface area contributed by atoms with Crippen molar-refractivity contribution in [2.75, 3.05) is 13.2 Å². The number of aliphatic hydroxyl groups is 1. The predicted molar refractivity (Wildman–Crippen MR) is 76.9 cm³/mol. The van der Waals surface area contributed by atoms with Crippen molar-refractivity contribution >= 4 is 11.5 Å². The summed E-state index contributed by atoms with van der Waals surface area (Å²) in [5.41, 5.74) is 1.03. The third kappa shape index (κ3) is 2.38. The summed E-state index contributed by atoms with van der Waals surface area (Å²) in [5.74, 6) is 0.410. The third-order valence-corrected chi connectivity index (χ3v) is 4.28. The maximum absolute atomic E-state index is 11.4. The smallest absolute Gasteiger partial charge is 0.352 e. The zero-order valence-electron chi connectivity index (χ0n) is 11.8. The normalized spacial score (nSPS) is 23.0. The van der Waals surface area contributed by atoms with Crippen LogP contribution in [0, 0.1) is 16.0 Å². The number of likely N-dealkylation sites (tertiary alicyclic amines) is 1. The molecule has 0 aliphatic carbocycles. The van der Waals surface area contributed by atoms with Gasteiger partial charge in [0.15, 0.2) is 5.69 Å². The van der Waals surface area contributed by atoms with Crippen molar-refractivity contribution in [1.82, 2.24) is 14.3 Å². The summed E-state index contributed by atoms with van der Waals surface area (Å²) >= 11 is 0. The van der Waals surface area contributed by atoms with E-state index in [1.54, 1.807) is 18.3 Å². The molecular weight excluding hydrogens is 272 g/mol. The van der Waals surface area contributed by atoms with E-state index in [1.165, 1.54) is 4.40 Å². The fourth-order valence-corrected chi connectivity index (χ4v) is 3.10. The van der Waals surface area contributed by atoms with Crippen LogP contribution in [0.25, 0.3) is 5.65 Å². The van der Waals surface area contributed by atoms with Gasteiger partial charge in [0.1, 0.15) is 0 Å². The Hall–Kier alpha value is -1.99. The minimum atomic E-state index is -0.386. The number of hydrogen-bond acceptors (Lipinski definition) is 5. The number of hydrogen-bond donors (Lipinski definition) is 1. The zero-order chi connectivity index (χ0) is 15.0. The van der Waals surface area contributed by atoms with E-state index >= 15 is 0 Å². The van der Waals surface area contributed by atoms with Crippen molar-refractivity contribution in [2.24, 2.45) is 5.92 Å². The van der Waals surface area contributed by atoms with Crippen LogP contribution in [0.5, 0.6) is 0 Å². The fourth-order valence-electron chi connectivity index (χ4n) is 3.10. The van der Waals surface area contributed by atoms with Gasteiger partial charge in [0.05, 0.1) is 12.8 Å². The quantitative estimate of drug-likeness (QED) is 0.680. The Balaban J connectivity index is 1.97. The molecule has 21 heavy (non-hydrogen) atoms. The third-order valence-electron chi connectivity index (χ3n) is 4.28. The van der Waals surface area contributed by atoms with Crippen molar-refractivity contribution in [3.8, 4) is 0 Å². The van der Waals surface area contributed by atoms with Gasteiger partial charge in [-0.2, -0.15) is 4.40 Å². The van der Waals surface area contributed by atoms with Gasteiger partial charge in [-0.3, -0.25) is 4.90 Å². The van der Waals surface area contributed by atoms with E-state index < -0.39 is 0 Å².